The Morgan fingerprint density at radius 1 is 0.947 bits per heavy atom. The van der Waals surface area contributed by atoms with Gasteiger partial charge in [0.05, 0.1) is 42.6 Å². The van der Waals surface area contributed by atoms with E-state index in [-0.39, 0.29) is 0 Å². The zero-order valence-corrected chi connectivity index (χ0v) is 13.4. The third kappa shape index (κ3) is 1.90. The van der Waals surface area contributed by atoms with Crippen molar-refractivity contribution < 1.29 is 9.80 Å². The summed E-state index contributed by atoms with van der Waals surface area (Å²) in [5, 5.41) is 0. The van der Waals surface area contributed by atoms with E-state index in [1.54, 1.807) is 0 Å². The minimum atomic E-state index is 0.585. The molecule has 4 fully saturated rings. The highest BCUT2D eigenvalue weighted by Gasteiger charge is 2.62. The topological polar surface area (TPSA) is 8.88 Å². The van der Waals surface area contributed by atoms with Crippen LogP contribution in [-0.4, -0.2) is 26.2 Å². The van der Waals surface area contributed by atoms with Crippen LogP contribution < -0.4 is 9.80 Å². The lowest BCUT2D eigenvalue weighted by Gasteiger charge is -2.60. The highest BCUT2D eigenvalue weighted by atomic mass is 79.9. The normalized spacial score (nSPS) is 47.6. The van der Waals surface area contributed by atoms with Crippen molar-refractivity contribution in [3.05, 3.63) is 34.3 Å². The minimum absolute atomic E-state index is 0.585. The van der Waals surface area contributed by atoms with Gasteiger partial charge in [-0.25, -0.2) is 0 Å². The van der Waals surface area contributed by atoms with Gasteiger partial charge in [-0.15, -0.1) is 0 Å². The quantitative estimate of drug-likeness (QED) is 0.751. The zero-order chi connectivity index (χ0) is 13.3. The third-order valence-electron chi connectivity index (χ3n) is 5.49. The first-order chi connectivity index (χ1) is 8.96. The molecule has 0 amide bonds. The Labute approximate surface area is 123 Å². The van der Waals surface area contributed by atoms with E-state index in [9.17, 15) is 0 Å². The van der Waals surface area contributed by atoms with Crippen molar-refractivity contribution >= 4 is 15.9 Å². The second kappa shape index (κ2) is 3.84. The highest BCUT2D eigenvalue weighted by Crippen LogP contribution is 2.39. The van der Waals surface area contributed by atoms with Crippen LogP contribution >= 0.6 is 15.9 Å². The number of hydrogen-bond acceptors (Lipinski definition) is 0. The number of nitrogens with one attached hydrogen (secondary N) is 2. The number of hydrogen-bond donors (Lipinski definition) is 2. The van der Waals surface area contributed by atoms with E-state index in [0.29, 0.717) is 17.0 Å². The van der Waals surface area contributed by atoms with Gasteiger partial charge in [-0.05, 0) is 44.5 Å². The lowest BCUT2D eigenvalue weighted by Crippen LogP contribution is -3.40. The molecule has 19 heavy (non-hydrogen) atoms. The van der Waals surface area contributed by atoms with E-state index >= 15 is 0 Å². The van der Waals surface area contributed by atoms with Crippen LogP contribution in [0.5, 0.6) is 0 Å². The Morgan fingerprint density at radius 2 is 1.42 bits per heavy atom. The molecule has 4 saturated heterocycles. The maximum Gasteiger partial charge on any atom is 0.240 e. The molecule has 0 aromatic heterocycles. The first kappa shape index (κ1) is 12.4. The molecule has 4 aliphatic heterocycles. The molecule has 4 aliphatic rings. The number of halogens is 1. The van der Waals surface area contributed by atoms with E-state index in [0.717, 1.165) is 0 Å². The van der Waals surface area contributed by atoms with Crippen molar-refractivity contribution in [3.63, 3.8) is 0 Å². The van der Waals surface area contributed by atoms with Crippen molar-refractivity contribution in [3.8, 4) is 0 Å². The van der Waals surface area contributed by atoms with Crippen LogP contribution in [0.4, 0.5) is 0 Å². The Bertz CT molecular complexity index is 474. The summed E-state index contributed by atoms with van der Waals surface area (Å²) in [6.45, 7) is 10.5. The first-order valence-electron chi connectivity index (χ1n) is 7.41. The Balaban J connectivity index is 1.71. The van der Waals surface area contributed by atoms with Crippen molar-refractivity contribution in [1.29, 1.82) is 0 Å². The molecule has 2 nitrogen and oxygen atoms in total. The van der Waals surface area contributed by atoms with Gasteiger partial charge in [0.1, 0.15) is 0 Å². The number of rotatable bonds is 1. The maximum atomic E-state index is 3.55. The molecule has 102 valence electrons. The average molecular weight is 323 g/mol. The molecule has 0 saturated carbocycles. The SMILES string of the molecule is CC12C[NH+]3CC(C)(C[NH+](C1)C3c1ccc(Br)cc1)C2. The fourth-order valence-electron chi connectivity index (χ4n) is 5.55. The minimum Gasteiger partial charge on any atom is -0.281 e. The van der Waals surface area contributed by atoms with Crippen LogP contribution in [-0.2, 0) is 0 Å². The molecule has 0 aliphatic carbocycles. The summed E-state index contributed by atoms with van der Waals surface area (Å²) in [5.41, 5.74) is 2.70. The number of quaternary nitrogens is 2. The van der Waals surface area contributed by atoms with Gasteiger partial charge < -0.3 is 0 Å². The van der Waals surface area contributed by atoms with Crippen LogP contribution in [0.2, 0.25) is 0 Å². The summed E-state index contributed by atoms with van der Waals surface area (Å²) in [7, 11) is 0. The Hall–Kier alpha value is -0.380. The standard InChI is InChI=1S/C16H21BrN2/c1-15-7-16(2)10-18(8-15)14(19(9-15)11-16)12-3-5-13(17)6-4-12/h3-6,14H,7-11H2,1-2H3/p+2. The van der Waals surface area contributed by atoms with Gasteiger partial charge >= 0.3 is 0 Å². The van der Waals surface area contributed by atoms with E-state index in [2.05, 4.69) is 54.0 Å². The van der Waals surface area contributed by atoms with Crippen LogP contribution in [0.25, 0.3) is 0 Å². The second-order valence-electron chi connectivity index (χ2n) is 7.81. The van der Waals surface area contributed by atoms with Crippen LogP contribution in [0.15, 0.2) is 28.7 Å². The maximum absolute atomic E-state index is 3.55. The van der Waals surface area contributed by atoms with Crippen molar-refractivity contribution in [2.24, 2.45) is 10.8 Å². The van der Waals surface area contributed by atoms with Gasteiger partial charge in [0, 0.05) is 4.47 Å². The summed E-state index contributed by atoms with van der Waals surface area (Å²) in [6, 6.07) is 9.04. The molecule has 0 unspecified atom stereocenters. The predicted octanol–water partition coefficient (Wildman–Crippen LogP) is 0.661. The largest absolute Gasteiger partial charge is 0.281 e. The van der Waals surface area contributed by atoms with Gasteiger partial charge in [-0.1, -0.05) is 15.9 Å². The third-order valence-corrected chi connectivity index (χ3v) is 6.02. The van der Waals surface area contributed by atoms with Crippen molar-refractivity contribution in [1.82, 2.24) is 0 Å². The number of benzene rings is 1. The average Bonchev–Trinajstić information content (AvgIpc) is 2.27. The summed E-state index contributed by atoms with van der Waals surface area (Å²) in [4.78, 5) is 3.65. The predicted molar refractivity (Wildman–Crippen MR) is 79.1 cm³/mol. The summed E-state index contributed by atoms with van der Waals surface area (Å²) < 4.78 is 1.19. The molecule has 1 aromatic rings. The Morgan fingerprint density at radius 3 is 1.89 bits per heavy atom. The highest BCUT2D eigenvalue weighted by molar-refractivity contribution is 9.10. The lowest BCUT2D eigenvalue weighted by atomic mass is 9.63. The fourth-order valence-corrected chi connectivity index (χ4v) is 5.81. The Kier molecular flexibility index (Phi) is 2.50. The molecule has 0 radical (unpaired) electrons. The monoisotopic (exact) mass is 322 g/mol. The van der Waals surface area contributed by atoms with Gasteiger partial charge in [-0.3, -0.25) is 9.80 Å². The summed E-state index contributed by atoms with van der Waals surface area (Å²) in [5.74, 6) is 0. The van der Waals surface area contributed by atoms with Gasteiger partial charge in [0.15, 0.2) is 0 Å². The van der Waals surface area contributed by atoms with Crippen molar-refractivity contribution in [2.75, 3.05) is 26.2 Å². The van der Waals surface area contributed by atoms with Gasteiger partial charge in [0.25, 0.3) is 0 Å². The number of piperidine rings is 2. The summed E-state index contributed by atoms with van der Waals surface area (Å²) in [6.07, 6.45) is 2.12. The molecule has 0 spiro atoms. The smallest absolute Gasteiger partial charge is 0.240 e. The van der Waals surface area contributed by atoms with Gasteiger partial charge in [-0.2, -0.15) is 0 Å². The van der Waals surface area contributed by atoms with E-state index < -0.39 is 0 Å². The van der Waals surface area contributed by atoms with Crippen molar-refractivity contribution in [2.45, 2.75) is 26.4 Å². The molecular weight excluding hydrogens is 300 g/mol. The molecule has 4 bridgehead atoms. The molecular formula is C16H23BrN2+2. The van der Waals surface area contributed by atoms with Gasteiger partial charge in [0.2, 0.25) is 6.17 Å². The van der Waals surface area contributed by atoms with E-state index in [1.807, 2.05) is 9.80 Å². The molecule has 4 heterocycles. The molecule has 3 heteroatoms. The molecule has 0 atom stereocenters. The second-order valence-corrected chi connectivity index (χ2v) is 8.72. The molecule has 5 rings (SSSR count). The molecule has 1 aromatic carbocycles. The van der Waals surface area contributed by atoms with E-state index in [4.69, 9.17) is 0 Å². The first-order valence-corrected chi connectivity index (χ1v) is 8.20. The fraction of sp³-hybridized carbons (Fsp3) is 0.625. The van der Waals surface area contributed by atoms with Crippen LogP contribution in [0.3, 0.4) is 0 Å². The van der Waals surface area contributed by atoms with Crippen LogP contribution in [0, 0.1) is 10.8 Å². The summed E-state index contributed by atoms with van der Waals surface area (Å²) >= 11 is 3.55. The zero-order valence-electron chi connectivity index (χ0n) is 11.8. The lowest BCUT2D eigenvalue weighted by molar-refractivity contribution is -1.18. The molecule has 2 N–H and O–H groups in total. The van der Waals surface area contributed by atoms with E-state index in [1.165, 1.54) is 42.6 Å². The van der Waals surface area contributed by atoms with Crippen LogP contribution in [0.1, 0.15) is 32.0 Å².